The van der Waals surface area contributed by atoms with Crippen molar-refractivity contribution in [1.29, 1.82) is 0 Å². The SMILES string of the molecule is COCc1nc2n(n1)C(c1ccc3c(c1)OCCCO3)C1=C(CCCC1=O)N2. The summed E-state index contributed by atoms with van der Waals surface area (Å²) < 4.78 is 18.6. The summed E-state index contributed by atoms with van der Waals surface area (Å²) in [4.78, 5) is 17.4. The summed E-state index contributed by atoms with van der Waals surface area (Å²) in [5.41, 5.74) is 2.64. The number of carbonyl (C=O) groups is 1. The number of fused-ring (bicyclic) bond motifs is 2. The molecule has 5 rings (SSSR count). The average Bonchev–Trinajstić information content (AvgIpc) is 2.94. The Morgan fingerprint density at radius 1 is 1.21 bits per heavy atom. The van der Waals surface area contributed by atoms with E-state index >= 15 is 0 Å². The van der Waals surface area contributed by atoms with Gasteiger partial charge >= 0.3 is 0 Å². The number of ketones is 1. The average molecular weight is 382 g/mol. The van der Waals surface area contributed by atoms with Crippen molar-refractivity contribution in [3.8, 4) is 11.5 Å². The predicted molar refractivity (Wildman–Crippen MR) is 100 cm³/mol. The molecule has 28 heavy (non-hydrogen) atoms. The molecule has 1 aromatic heterocycles. The maximum absolute atomic E-state index is 12.9. The van der Waals surface area contributed by atoms with Crippen molar-refractivity contribution in [3.05, 3.63) is 40.9 Å². The zero-order valence-electron chi connectivity index (χ0n) is 15.7. The fourth-order valence-electron chi connectivity index (χ4n) is 4.05. The molecule has 8 heteroatoms. The molecule has 1 unspecified atom stereocenters. The molecule has 0 fully saturated rings. The molecular weight excluding hydrogens is 360 g/mol. The summed E-state index contributed by atoms with van der Waals surface area (Å²) in [6, 6.07) is 5.52. The topological polar surface area (TPSA) is 87.5 Å². The number of nitrogens with one attached hydrogen (secondary N) is 1. The van der Waals surface area contributed by atoms with E-state index in [2.05, 4.69) is 15.4 Å². The van der Waals surface area contributed by atoms with Crippen LogP contribution in [0, 0.1) is 0 Å². The summed E-state index contributed by atoms with van der Waals surface area (Å²) in [6.07, 6.45) is 3.07. The van der Waals surface area contributed by atoms with Crippen LogP contribution in [0.2, 0.25) is 0 Å². The van der Waals surface area contributed by atoms with Gasteiger partial charge in [-0.05, 0) is 30.5 Å². The van der Waals surface area contributed by atoms with Crippen molar-refractivity contribution in [1.82, 2.24) is 14.8 Å². The molecule has 146 valence electrons. The number of hydrogen-bond donors (Lipinski definition) is 1. The lowest BCUT2D eigenvalue weighted by Gasteiger charge is -2.32. The summed E-state index contributed by atoms with van der Waals surface area (Å²) in [5, 5.41) is 7.93. The van der Waals surface area contributed by atoms with E-state index in [4.69, 9.17) is 14.2 Å². The first-order valence-electron chi connectivity index (χ1n) is 9.62. The number of hydrogen-bond acceptors (Lipinski definition) is 7. The van der Waals surface area contributed by atoms with E-state index in [1.54, 1.807) is 11.8 Å². The summed E-state index contributed by atoms with van der Waals surface area (Å²) in [6.45, 7) is 1.57. The molecular formula is C20H22N4O4. The first-order chi connectivity index (χ1) is 13.7. The molecule has 0 saturated heterocycles. The van der Waals surface area contributed by atoms with E-state index in [-0.39, 0.29) is 11.8 Å². The Hall–Kier alpha value is -2.87. The number of methoxy groups -OCH3 is 1. The second-order valence-electron chi connectivity index (χ2n) is 7.18. The second kappa shape index (κ2) is 6.94. The van der Waals surface area contributed by atoms with E-state index in [9.17, 15) is 4.79 Å². The quantitative estimate of drug-likeness (QED) is 0.873. The Labute approximate surface area is 162 Å². The van der Waals surface area contributed by atoms with Crippen molar-refractivity contribution in [2.45, 2.75) is 38.3 Å². The van der Waals surface area contributed by atoms with Crippen LogP contribution in [-0.4, -0.2) is 40.9 Å². The number of aromatic nitrogens is 3. The number of rotatable bonds is 3. The van der Waals surface area contributed by atoms with Crippen LogP contribution >= 0.6 is 0 Å². The van der Waals surface area contributed by atoms with E-state index in [1.807, 2.05) is 18.2 Å². The maximum Gasteiger partial charge on any atom is 0.226 e. The Morgan fingerprint density at radius 2 is 2.07 bits per heavy atom. The van der Waals surface area contributed by atoms with Gasteiger partial charge in [0.15, 0.2) is 23.1 Å². The van der Waals surface area contributed by atoms with Gasteiger partial charge < -0.3 is 19.5 Å². The lowest BCUT2D eigenvalue weighted by atomic mass is 9.85. The largest absolute Gasteiger partial charge is 0.490 e. The number of anilines is 1. The van der Waals surface area contributed by atoms with Crippen LogP contribution in [0.3, 0.4) is 0 Å². The van der Waals surface area contributed by atoms with Crippen LogP contribution in [-0.2, 0) is 16.1 Å². The molecule has 1 aromatic carbocycles. The van der Waals surface area contributed by atoms with Gasteiger partial charge in [0.2, 0.25) is 5.95 Å². The summed E-state index contributed by atoms with van der Waals surface area (Å²) in [5.74, 6) is 2.81. The van der Waals surface area contributed by atoms with Gasteiger partial charge in [0.1, 0.15) is 12.6 Å². The predicted octanol–water partition coefficient (Wildman–Crippen LogP) is 2.61. The number of nitrogens with zero attached hydrogens (tertiary/aromatic N) is 3. The maximum atomic E-state index is 12.9. The van der Waals surface area contributed by atoms with Crippen molar-refractivity contribution in [2.75, 3.05) is 25.6 Å². The third kappa shape index (κ3) is 2.84. The lowest BCUT2D eigenvalue weighted by Crippen LogP contribution is -2.31. The van der Waals surface area contributed by atoms with Crippen LogP contribution in [0.25, 0.3) is 0 Å². The number of Topliss-reactive ketones (excluding diaryl/α,β-unsaturated/α-hetero) is 1. The Kier molecular flexibility index (Phi) is 4.27. The van der Waals surface area contributed by atoms with Crippen molar-refractivity contribution >= 4 is 11.7 Å². The molecule has 0 amide bonds. The standard InChI is InChI=1S/C20H22N4O4/c1-26-11-17-22-20-21-13-4-2-5-14(25)18(13)19(24(20)23-17)12-6-7-15-16(10-12)28-9-3-8-27-15/h6-7,10,19H,2-5,8-9,11H2,1H3,(H,21,22,23). The van der Waals surface area contributed by atoms with E-state index in [0.29, 0.717) is 43.8 Å². The summed E-state index contributed by atoms with van der Waals surface area (Å²) >= 11 is 0. The van der Waals surface area contributed by atoms with Gasteiger partial charge in [-0.2, -0.15) is 10.1 Å². The van der Waals surface area contributed by atoms with Gasteiger partial charge in [0.25, 0.3) is 0 Å². The van der Waals surface area contributed by atoms with Gasteiger partial charge in [-0.25, -0.2) is 4.68 Å². The smallest absolute Gasteiger partial charge is 0.226 e. The molecule has 3 aliphatic rings. The normalized spacial score (nSPS) is 20.9. The van der Waals surface area contributed by atoms with E-state index < -0.39 is 0 Å². The molecule has 1 N–H and O–H groups in total. The molecule has 1 atom stereocenters. The molecule has 0 bridgehead atoms. The third-order valence-corrected chi connectivity index (χ3v) is 5.27. The van der Waals surface area contributed by atoms with Crippen LogP contribution in [0.5, 0.6) is 11.5 Å². The number of benzene rings is 1. The minimum Gasteiger partial charge on any atom is -0.490 e. The van der Waals surface area contributed by atoms with Crippen LogP contribution in [0.4, 0.5) is 5.95 Å². The molecule has 2 aliphatic heterocycles. The van der Waals surface area contributed by atoms with Gasteiger partial charge in [-0.3, -0.25) is 4.79 Å². The Morgan fingerprint density at radius 3 is 2.93 bits per heavy atom. The van der Waals surface area contributed by atoms with Crippen molar-refractivity contribution < 1.29 is 19.0 Å². The van der Waals surface area contributed by atoms with Gasteiger partial charge in [0, 0.05) is 31.2 Å². The minimum absolute atomic E-state index is 0.153. The van der Waals surface area contributed by atoms with Gasteiger partial charge in [0.05, 0.1) is 13.2 Å². The second-order valence-corrected chi connectivity index (χ2v) is 7.18. The van der Waals surface area contributed by atoms with Gasteiger partial charge in [-0.15, -0.1) is 0 Å². The fourth-order valence-corrected chi connectivity index (χ4v) is 4.05. The highest BCUT2D eigenvalue weighted by Crippen LogP contribution is 2.42. The number of ether oxygens (including phenoxy) is 3. The van der Waals surface area contributed by atoms with Crippen molar-refractivity contribution in [3.63, 3.8) is 0 Å². The molecule has 2 aromatic rings. The van der Waals surface area contributed by atoms with Crippen LogP contribution < -0.4 is 14.8 Å². The highest BCUT2D eigenvalue weighted by Gasteiger charge is 2.37. The molecule has 8 nitrogen and oxygen atoms in total. The first kappa shape index (κ1) is 17.2. The zero-order valence-corrected chi connectivity index (χ0v) is 15.7. The summed E-state index contributed by atoms with van der Waals surface area (Å²) in [7, 11) is 1.61. The van der Waals surface area contributed by atoms with Gasteiger partial charge in [-0.1, -0.05) is 6.07 Å². The Bertz CT molecular complexity index is 965. The zero-order chi connectivity index (χ0) is 19.1. The van der Waals surface area contributed by atoms with E-state index in [0.717, 1.165) is 41.8 Å². The third-order valence-electron chi connectivity index (χ3n) is 5.27. The molecule has 3 heterocycles. The number of allylic oxidation sites excluding steroid dienone is 2. The number of carbonyl (C=O) groups excluding carboxylic acids is 1. The van der Waals surface area contributed by atoms with E-state index in [1.165, 1.54) is 0 Å². The first-order valence-corrected chi connectivity index (χ1v) is 9.62. The molecule has 0 radical (unpaired) electrons. The fraction of sp³-hybridized carbons (Fsp3) is 0.450. The lowest BCUT2D eigenvalue weighted by molar-refractivity contribution is -0.116. The monoisotopic (exact) mass is 382 g/mol. The minimum atomic E-state index is -0.339. The molecule has 0 saturated carbocycles. The molecule has 1 aliphatic carbocycles. The molecule has 0 spiro atoms. The Balaban J connectivity index is 1.64. The van der Waals surface area contributed by atoms with Crippen LogP contribution in [0.1, 0.15) is 43.1 Å². The van der Waals surface area contributed by atoms with Crippen LogP contribution in [0.15, 0.2) is 29.5 Å². The highest BCUT2D eigenvalue weighted by molar-refractivity contribution is 5.99. The highest BCUT2D eigenvalue weighted by atomic mass is 16.5. The van der Waals surface area contributed by atoms with Crippen molar-refractivity contribution in [2.24, 2.45) is 0 Å².